The lowest BCUT2D eigenvalue weighted by molar-refractivity contribution is 0.591. The summed E-state index contributed by atoms with van der Waals surface area (Å²) in [4.78, 5) is 8.08. The lowest BCUT2D eigenvalue weighted by Gasteiger charge is -2.27. The van der Waals surface area contributed by atoms with Gasteiger partial charge in [-0.05, 0) is 92.7 Å². The fourth-order valence-electron chi connectivity index (χ4n) is 10.7. The van der Waals surface area contributed by atoms with Gasteiger partial charge in [-0.25, -0.2) is 4.98 Å². The van der Waals surface area contributed by atoms with Crippen molar-refractivity contribution in [1.82, 2.24) is 13.8 Å². The number of fused-ring (bicyclic) bond motifs is 17. The molecule has 13 aromatic rings. The number of pyridine rings is 1. The third kappa shape index (κ3) is 4.57. The van der Waals surface area contributed by atoms with E-state index < -0.39 is 0 Å². The first kappa shape index (κ1) is 34.7. The van der Waals surface area contributed by atoms with Crippen LogP contribution in [0.4, 0.5) is 17.1 Å². The second-order valence-electron chi connectivity index (χ2n) is 19.3. The molecule has 0 atom stereocenters. The highest BCUT2D eigenvalue weighted by molar-refractivity contribution is 6.38. The van der Waals surface area contributed by atoms with Crippen molar-refractivity contribution in [2.45, 2.75) is 52.4 Å². The van der Waals surface area contributed by atoms with Crippen LogP contribution in [0.2, 0.25) is 0 Å². The van der Waals surface area contributed by atoms with Crippen LogP contribution in [0.5, 0.6) is 0 Å². The minimum Gasteiger partial charge on any atom is -0.308 e. The van der Waals surface area contributed by atoms with Crippen LogP contribution in [0.1, 0.15) is 52.7 Å². The molecule has 13 rings (SSSR count). The maximum Gasteiger partial charge on any atom is 0.146 e. The first-order valence-corrected chi connectivity index (χ1v) is 21.6. The Morgan fingerprint density at radius 1 is 0.410 bits per heavy atom. The highest BCUT2D eigenvalue weighted by Crippen LogP contribution is 2.52. The van der Waals surface area contributed by atoms with Crippen molar-refractivity contribution in [2.24, 2.45) is 0 Å². The minimum atomic E-state index is -0.0966. The van der Waals surface area contributed by atoms with Crippen molar-refractivity contribution >= 4 is 115 Å². The number of anilines is 3. The summed E-state index contributed by atoms with van der Waals surface area (Å²) in [7, 11) is 0. The van der Waals surface area contributed by atoms with Crippen LogP contribution in [-0.4, -0.2) is 13.8 Å². The predicted molar refractivity (Wildman–Crippen MR) is 261 cm³/mol. The molecule has 0 bridgehead atoms. The van der Waals surface area contributed by atoms with Crippen LogP contribution < -0.4 is 4.90 Å². The van der Waals surface area contributed by atoms with Gasteiger partial charge in [-0.15, -0.1) is 0 Å². The van der Waals surface area contributed by atoms with Gasteiger partial charge in [0.2, 0.25) is 0 Å². The van der Waals surface area contributed by atoms with E-state index in [-0.39, 0.29) is 10.8 Å². The van der Waals surface area contributed by atoms with Gasteiger partial charge in [-0.1, -0.05) is 139 Å². The molecule has 8 aromatic carbocycles. The lowest BCUT2D eigenvalue weighted by Crippen LogP contribution is -2.11. The molecule has 292 valence electrons. The molecule has 0 aliphatic rings. The van der Waals surface area contributed by atoms with Gasteiger partial charge in [0.05, 0.1) is 39.5 Å². The maximum absolute atomic E-state index is 5.64. The van der Waals surface area contributed by atoms with Gasteiger partial charge in [0.25, 0.3) is 0 Å². The average molecular weight is 785 g/mol. The van der Waals surface area contributed by atoms with E-state index in [0.29, 0.717) is 0 Å². The Kier molecular flexibility index (Phi) is 6.69. The maximum atomic E-state index is 5.64. The molecular formula is C57H44N4. The Bertz CT molecular complexity index is 3890. The highest BCUT2D eigenvalue weighted by atomic mass is 15.2. The Morgan fingerprint density at radius 3 is 1.59 bits per heavy atom. The topological polar surface area (TPSA) is 25.0 Å². The van der Waals surface area contributed by atoms with Gasteiger partial charge >= 0.3 is 0 Å². The number of benzene rings is 8. The zero-order valence-corrected chi connectivity index (χ0v) is 35.3. The van der Waals surface area contributed by atoms with Gasteiger partial charge in [-0.2, -0.15) is 0 Å². The predicted octanol–water partition coefficient (Wildman–Crippen LogP) is 15.8. The fraction of sp³-hybridized carbons (Fsp3) is 0.140. The first-order valence-electron chi connectivity index (χ1n) is 21.6. The average Bonchev–Trinajstić information content (AvgIpc) is 4.00. The van der Waals surface area contributed by atoms with E-state index in [1.54, 1.807) is 0 Å². The summed E-state index contributed by atoms with van der Waals surface area (Å²) in [5, 5.41) is 15.2. The molecule has 5 heterocycles. The molecule has 4 nitrogen and oxygen atoms in total. The monoisotopic (exact) mass is 784 g/mol. The summed E-state index contributed by atoms with van der Waals surface area (Å²) in [6.45, 7) is 14.1. The Labute approximate surface area is 353 Å². The summed E-state index contributed by atoms with van der Waals surface area (Å²) in [5.41, 5.74) is 12.9. The number of hydrogen-bond acceptors (Lipinski definition) is 2. The van der Waals surface area contributed by atoms with E-state index in [2.05, 4.69) is 213 Å². The van der Waals surface area contributed by atoms with Crippen molar-refractivity contribution in [3.05, 3.63) is 169 Å². The third-order valence-electron chi connectivity index (χ3n) is 13.6. The van der Waals surface area contributed by atoms with Crippen LogP contribution in [-0.2, 0) is 10.8 Å². The van der Waals surface area contributed by atoms with Gasteiger partial charge in [0.1, 0.15) is 5.65 Å². The van der Waals surface area contributed by atoms with Gasteiger partial charge in [0, 0.05) is 59.9 Å². The summed E-state index contributed by atoms with van der Waals surface area (Å²) in [6, 6.07) is 56.4. The molecule has 0 spiro atoms. The molecule has 4 heteroatoms. The van der Waals surface area contributed by atoms with Crippen LogP contribution in [0.25, 0.3) is 97.9 Å². The molecule has 0 N–H and O–H groups in total. The number of aromatic nitrogens is 3. The van der Waals surface area contributed by atoms with Gasteiger partial charge < -0.3 is 9.30 Å². The second-order valence-corrected chi connectivity index (χ2v) is 19.3. The molecule has 5 aromatic heterocycles. The molecule has 0 aliphatic carbocycles. The summed E-state index contributed by atoms with van der Waals surface area (Å²) >= 11 is 0. The van der Waals surface area contributed by atoms with E-state index in [4.69, 9.17) is 4.98 Å². The molecule has 0 aliphatic heterocycles. The first-order chi connectivity index (χ1) is 29.6. The van der Waals surface area contributed by atoms with Crippen molar-refractivity contribution < 1.29 is 0 Å². The van der Waals surface area contributed by atoms with Gasteiger partial charge in [0.15, 0.2) is 0 Å². The van der Waals surface area contributed by atoms with E-state index in [0.717, 1.165) is 28.2 Å². The zero-order chi connectivity index (χ0) is 41.1. The van der Waals surface area contributed by atoms with Crippen LogP contribution in [0, 0.1) is 0 Å². The Hall–Kier alpha value is -7.17. The minimum absolute atomic E-state index is 0.0515. The normalized spacial score (nSPS) is 13.1. The Morgan fingerprint density at radius 2 is 0.934 bits per heavy atom. The molecule has 0 radical (unpaired) electrons. The SMILES string of the molecule is CC(C)(C)c1cc2c3c4c5cc(C(C)(C)C)cc6c7ccc8ccccc8c7n(c4cnc3n3c4c(N(c7ccccc7)c7ccccc7)cc7ccccc7c4c(c1)c23)c65. The number of para-hydroxylation sites is 2. The molecular weight excluding hydrogens is 741 g/mol. The Balaban J connectivity index is 1.31. The molecule has 0 saturated carbocycles. The van der Waals surface area contributed by atoms with Crippen molar-refractivity contribution in [3.8, 4) is 0 Å². The molecule has 0 unspecified atom stereocenters. The lowest BCUT2D eigenvalue weighted by atomic mass is 9.84. The summed E-state index contributed by atoms with van der Waals surface area (Å²) in [6.07, 6.45) is 2.17. The number of nitrogens with zero attached hydrogens (tertiary/aromatic N) is 4. The quantitative estimate of drug-likeness (QED) is 0.178. The van der Waals surface area contributed by atoms with Crippen molar-refractivity contribution in [2.75, 3.05) is 4.90 Å². The number of hydrogen-bond donors (Lipinski definition) is 0. The van der Waals surface area contributed by atoms with Crippen molar-refractivity contribution in [3.63, 3.8) is 0 Å². The highest BCUT2D eigenvalue weighted by Gasteiger charge is 2.31. The zero-order valence-electron chi connectivity index (χ0n) is 35.3. The summed E-state index contributed by atoms with van der Waals surface area (Å²) in [5.74, 6) is 0. The summed E-state index contributed by atoms with van der Waals surface area (Å²) < 4.78 is 5.06. The molecule has 61 heavy (non-hydrogen) atoms. The van der Waals surface area contributed by atoms with Crippen LogP contribution in [0.15, 0.2) is 158 Å². The van der Waals surface area contributed by atoms with Crippen LogP contribution in [0.3, 0.4) is 0 Å². The fourth-order valence-corrected chi connectivity index (χ4v) is 10.7. The largest absolute Gasteiger partial charge is 0.308 e. The smallest absolute Gasteiger partial charge is 0.146 e. The molecule has 0 amide bonds. The van der Waals surface area contributed by atoms with E-state index >= 15 is 0 Å². The van der Waals surface area contributed by atoms with E-state index in [1.165, 1.54) is 97.8 Å². The third-order valence-corrected chi connectivity index (χ3v) is 13.6. The van der Waals surface area contributed by atoms with E-state index in [9.17, 15) is 0 Å². The molecule has 0 fully saturated rings. The van der Waals surface area contributed by atoms with Crippen molar-refractivity contribution in [1.29, 1.82) is 0 Å². The van der Waals surface area contributed by atoms with E-state index in [1.807, 2.05) is 0 Å². The molecule has 0 saturated heterocycles. The van der Waals surface area contributed by atoms with Gasteiger partial charge in [-0.3, -0.25) is 4.40 Å². The second kappa shape index (κ2) is 11.8. The standard InChI is InChI=1S/C57H44N4/c1-56(2,3)35-28-42-41-26-25-33-17-13-16-24-40(33)51(41)60-47-32-58-55-50(49(47)44(30-35)52(42)60)45-31-36(57(4,5)6)29-43-48-39-23-15-14-18-34(39)27-46(54(48)61(55)53(43)45)59(37-19-9-7-10-20-37)38-21-11-8-12-22-38/h7-32H,1-6H3. The van der Waals surface area contributed by atoms with Crippen LogP contribution >= 0.6 is 0 Å². The number of rotatable bonds is 3.